The van der Waals surface area contributed by atoms with Crippen molar-refractivity contribution >= 4 is 17.7 Å². The van der Waals surface area contributed by atoms with E-state index in [4.69, 9.17) is 9.47 Å². The van der Waals surface area contributed by atoms with E-state index in [1.165, 1.54) is 0 Å². The van der Waals surface area contributed by atoms with Gasteiger partial charge in [-0.2, -0.15) is 0 Å². The number of ether oxygens (including phenoxy) is 2. The molecule has 1 N–H and O–H groups in total. The molecule has 0 saturated carbocycles. The van der Waals surface area contributed by atoms with E-state index in [9.17, 15) is 4.79 Å². The van der Waals surface area contributed by atoms with Crippen LogP contribution in [0.25, 0.3) is 0 Å². The zero-order valence-electron chi connectivity index (χ0n) is 16.6. The van der Waals surface area contributed by atoms with Crippen molar-refractivity contribution in [1.82, 2.24) is 5.32 Å². The highest BCUT2D eigenvalue weighted by Gasteiger charge is 2.21. The minimum absolute atomic E-state index is 0.00512. The standard InChI is InChI=1S/C24H25NO3S/c1-27-21-14-13-18(17-22(21)28-2)15-16-25-24(26)23(19-9-5-3-6-10-19)29-20-11-7-4-8-12-20/h3-14,17,23H,15-16H2,1-2H3,(H,25,26)/t23-/m1/s1. The summed E-state index contributed by atoms with van der Waals surface area (Å²) >= 11 is 1.56. The largest absolute Gasteiger partial charge is 0.493 e. The first kappa shape index (κ1) is 20.8. The second-order valence-corrected chi connectivity index (χ2v) is 7.63. The second-order valence-electron chi connectivity index (χ2n) is 6.45. The zero-order valence-corrected chi connectivity index (χ0v) is 17.4. The number of hydrogen-bond acceptors (Lipinski definition) is 4. The summed E-state index contributed by atoms with van der Waals surface area (Å²) in [7, 11) is 3.24. The Morgan fingerprint density at radius 3 is 2.21 bits per heavy atom. The van der Waals surface area contributed by atoms with E-state index in [0.717, 1.165) is 16.0 Å². The number of carbonyl (C=O) groups is 1. The molecule has 0 fully saturated rings. The summed E-state index contributed by atoms with van der Waals surface area (Å²) in [6.07, 6.45) is 0.712. The van der Waals surface area contributed by atoms with Crippen LogP contribution in [-0.2, 0) is 11.2 Å². The van der Waals surface area contributed by atoms with Crippen molar-refractivity contribution in [2.24, 2.45) is 0 Å². The van der Waals surface area contributed by atoms with Gasteiger partial charge in [-0.15, -0.1) is 11.8 Å². The van der Waals surface area contributed by atoms with Gasteiger partial charge >= 0.3 is 0 Å². The van der Waals surface area contributed by atoms with Crippen LogP contribution in [-0.4, -0.2) is 26.7 Å². The highest BCUT2D eigenvalue weighted by Crippen LogP contribution is 2.35. The van der Waals surface area contributed by atoms with E-state index in [-0.39, 0.29) is 11.2 Å². The third kappa shape index (κ3) is 5.78. The highest BCUT2D eigenvalue weighted by molar-refractivity contribution is 8.00. The monoisotopic (exact) mass is 407 g/mol. The maximum Gasteiger partial charge on any atom is 0.238 e. The normalized spacial score (nSPS) is 11.5. The van der Waals surface area contributed by atoms with Gasteiger partial charge in [-0.25, -0.2) is 0 Å². The van der Waals surface area contributed by atoms with Gasteiger partial charge in [-0.3, -0.25) is 4.79 Å². The van der Waals surface area contributed by atoms with Gasteiger partial charge in [-0.1, -0.05) is 54.6 Å². The average Bonchev–Trinajstić information content (AvgIpc) is 2.78. The summed E-state index contributed by atoms with van der Waals surface area (Å²) in [5.74, 6) is 1.40. The number of hydrogen-bond donors (Lipinski definition) is 1. The maximum atomic E-state index is 13.0. The Labute approximate surface area is 176 Å². The van der Waals surface area contributed by atoms with Gasteiger partial charge in [0.1, 0.15) is 5.25 Å². The first-order valence-electron chi connectivity index (χ1n) is 9.46. The molecule has 0 heterocycles. The predicted molar refractivity (Wildman–Crippen MR) is 118 cm³/mol. The molecule has 5 heteroatoms. The Bertz CT molecular complexity index is 916. The summed E-state index contributed by atoms with van der Waals surface area (Å²) in [4.78, 5) is 14.1. The Kier molecular flexibility index (Phi) is 7.59. The van der Waals surface area contributed by atoms with Crippen LogP contribution in [0.4, 0.5) is 0 Å². The fourth-order valence-electron chi connectivity index (χ4n) is 2.99. The van der Waals surface area contributed by atoms with E-state index >= 15 is 0 Å². The number of carbonyl (C=O) groups excluding carboxylic acids is 1. The van der Waals surface area contributed by atoms with Gasteiger partial charge in [0.25, 0.3) is 0 Å². The summed E-state index contributed by atoms with van der Waals surface area (Å²) in [6.45, 7) is 0.549. The van der Waals surface area contributed by atoms with Crippen molar-refractivity contribution in [2.45, 2.75) is 16.6 Å². The molecule has 3 aromatic carbocycles. The molecule has 0 radical (unpaired) electrons. The van der Waals surface area contributed by atoms with Crippen LogP contribution >= 0.6 is 11.8 Å². The van der Waals surface area contributed by atoms with Crippen molar-refractivity contribution in [3.05, 3.63) is 90.0 Å². The topological polar surface area (TPSA) is 47.6 Å². The van der Waals surface area contributed by atoms with Crippen LogP contribution in [0, 0.1) is 0 Å². The Balaban J connectivity index is 1.65. The van der Waals surface area contributed by atoms with E-state index < -0.39 is 0 Å². The fourth-order valence-corrected chi connectivity index (χ4v) is 4.06. The molecule has 150 valence electrons. The first-order valence-corrected chi connectivity index (χ1v) is 10.3. The average molecular weight is 408 g/mol. The fraction of sp³-hybridized carbons (Fsp3) is 0.208. The predicted octanol–water partition coefficient (Wildman–Crippen LogP) is 4.90. The van der Waals surface area contributed by atoms with Crippen LogP contribution in [0.2, 0.25) is 0 Å². The van der Waals surface area contributed by atoms with Gasteiger partial charge < -0.3 is 14.8 Å². The molecule has 29 heavy (non-hydrogen) atoms. The molecule has 0 aromatic heterocycles. The number of nitrogens with one attached hydrogen (secondary N) is 1. The molecule has 0 spiro atoms. The van der Waals surface area contributed by atoms with Crippen molar-refractivity contribution < 1.29 is 14.3 Å². The van der Waals surface area contributed by atoms with Crippen LogP contribution in [0.5, 0.6) is 11.5 Å². The smallest absolute Gasteiger partial charge is 0.238 e. The molecule has 0 aliphatic carbocycles. The molecule has 1 amide bonds. The molecule has 0 unspecified atom stereocenters. The Morgan fingerprint density at radius 1 is 0.897 bits per heavy atom. The van der Waals surface area contributed by atoms with E-state index in [1.54, 1.807) is 26.0 Å². The molecule has 0 aliphatic heterocycles. The van der Waals surface area contributed by atoms with Gasteiger partial charge in [0, 0.05) is 11.4 Å². The summed E-state index contributed by atoms with van der Waals surface area (Å²) in [5, 5.41) is 2.78. The van der Waals surface area contributed by atoms with Crippen LogP contribution in [0.3, 0.4) is 0 Å². The minimum Gasteiger partial charge on any atom is -0.493 e. The van der Waals surface area contributed by atoms with Crippen LogP contribution in [0.15, 0.2) is 83.8 Å². The lowest BCUT2D eigenvalue weighted by Gasteiger charge is -2.17. The summed E-state index contributed by atoms with van der Waals surface area (Å²) in [5.41, 5.74) is 2.07. The van der Waals surface area contributed by atoms with Crippen molar-refractivity contribution in [3.63, 3.8) is 0 Å². The molecule has 0 bridgehead atoms. The Hall–Kier alpha value is -2.92. The SMILES string of the molecule is COc1ccc(CCNC(=O)[C@H](Sc2ccccc2)c2ccccc2)cc1OC. The summed E-state index contributed by atoms with van der Waals surface area (Å²) in [6, 6.07) is 25.7. The minimum atomic E-state index is -0.302. The van der Waals surface area contributed by atoms with Crippen LogP contribution < -0.4 is 14.8 Å². The quantitative estimate of drug-likeness (QED) is 0.513. The van der Waals surface area contributed by atoms with Crippen molar-refractivity contribution in [1.29, 1.82) is 0 Å². The number of benzene rings is 3. The molecule has 0 saturated heterocycles. The molecular weight excluding hydrogens is 382 g/mol. The van der Waals surface area contributed by atoms with Gasteiger partial charge in [0.05, 0.1) is 14.2 Å². The zero-order chi connectivity index (χ0) is 20.5. The van der Waals surface area contributed by atoms with Gasteiger partial charge in [0.2, 0.25) is 5.91 Å². The lowest BCUT2D eigenvalue weighted by Crippen LogP contribution is -2.29. The molecule has 0 aliphatic rings. The molecular formula is C24H25NO3S. The lowest BCUT2D eigenvalue weighted by atomic mass is 10.1. The highest BCUT2D eigenvalue weighted by atomic mass is 32.2. The van der Waals surface area contributed by atoms with Crippen molar-refractivity contribution in [3.8, 4) is 11.5 Å². The third-order valence-corrected chi connectivity index (χ3v) is 5.76. The number of methoxy groups -OCH3 is 2. The molecule has 3 rings (SSSR count). The Morgan fingerprint density at radius 2 is 1.55 bits per heavy atom. The van der Waals surface area contributed by atoms with Gasteiger partial charge in [-0.05, 0) is 41.8 Å². The summed E-state index contributed by atoms with van der Waals surface area (Å²) < 4.78 is 10.6. The van der Waals surface area contributed by atoms with E-state index in [1.807, 2.05) is 78.9 Å². The maximum absolute atomic E-state index is 13.0. The second kappa shape index (κ2) is 10.6. The van der Waals surface area contributed by atoms with Gasteiger partial charge in [0.15, 0.2) is 11.5 Å². The molecule has 3 aromatic rings. The molecule has 4 nitrogen and oxygen atoms in total. The first-order chi connectivity index (χ1) is 14.2. The number of rotatable bonds is 9. The number of amides is 1. The lowest BCUT2D eigenvalue weighted by molar-refractivity contribution is -0.120. The van der Waals surface area contributed by atoms with E-state index in [2.05, 4.69) is 5.32 Å². The van der Waals surface area contributed by atoms with Crippen molar-refractivity contribution in [2.75, 3.05) is 20.8 Å². The molecule has 1 atom stereocenters. The number of thioether (sulfide) groups is 1. The van der Waals surface area contributed by atoms with Crippen LogP contribution in [0.1, 0.15) is 16.4 Å². The third-order valence-electron chi connectivity index (χ3n) is 4.50. The van der Waals surface area contributed by atoms with E-state index in [0.29, 0.717) is 24.5 Å².